The van der Waals surface area contributed by atoms with Crippen LogP contribution in [0.15, 0.2) is 36.5 Å². The summed E-state index contributed by atoms with van der Waals surface area (Å²) in [6.45, 7) is 8.29. The van der Waals surface area contributed by atoms with Crippen molar-refractivity contribution in [2.75, 3.05) is 11.9 Å². The van der Waals surface area contributed by atoms with E-state index in [9.17, 15) is 9.59 Å². The number of nitrogens with one attached hydrogen (secondary N) is 1. The van der Waals surface area contributed by atoms with Crippen molar-refractivity contribution in [3.05, 3.63) is 58.9 Å². The van der Waals surface area contributed by atoms with Gasteiger partial charge in [-0.25, -0.2) is 0 Å². The average Bonchev–Trinajstić information content (AvgIpc) is 2.55. The Balaban J connectivity index is 1.96. The van der Waals surface area contributed by atoms with E-state index in [0.717, 1.165) is 22.5 Å². The lowest BCUT2D eigenvalue weighted by Crippen LogP contribution is -2.32. The third-order valence-electron chi connectivity index (χ3n) is 4.07. The summed E-state index contributed by atoms with van der Waals surface area (Å²) >= 11 is 0. The maximum Gasteiger partial charge on any atom is 0.226 e. The van der Waals surface area contributed by atoms with Crippen LogP contribution >= 0.6 is 0 Å². The normalized spacial score (nSPS) is 10.4. The third-order valence-corrected chi connectivity index (χ3v) is 4.07. The van der Waals surface area contributed by atoms with Gasteiger partial charge in [0.2, 0.25) is 11.8 Å². The van der Waals surface area contributed by atoms with E-state index in [1.807, 2.05) is 51.1 Å². The van der Waals surface area contributed by atoms with Crippen molar-refractivity contribution in [2.45, 2.75) is 40.7 Å². The lowest BCUT2D eigenvalue weighted by Gasteiger charge is -2.21. The van der Waals surface area contributed by atoms with Crippen LogP contribution in [-0.2, 0) is 16.1 Å². The highest BCUT2D eigenvalue weighted by atomic mass is 16.2. The lowest BCUT2D eigenvalue weighted by molar-refractivity contribution is -0.130. The Labute approximate surface area is 149 Å². The van der Waals surface area contributed by atoms with Crippen LogP contribution in [-0.4, -0.2) is 28.2 Å². The van der Waals surface area contributed by atoms with Crippen LogP contribution in [0.2, 0.25) is 0 Å². The summed E-state index contributed by atoms with van der Waals surface area (Å²) in [5.41, 5.74) is 4.93. The number of carbonyl (C=O) groups excluding carboxylic acids is 2. The summed E-state index contributed by atoms with van der Waals surface area (Å²) in [5.74, 6) is -0.163. The number of rotatable bonds is 6. The molecule has 0 radical (unpaired) electrons. The lowest BCUT2D eigenvalue weighted by atomic mass is 10.0. The molecule has 25 heavy (non-hydrogen) atoms. The van der Waals surface area contributed by atoms with E-state index in [1.165, 1.54) is 12.5 Å². The molecular formula is C20H25N3O2. The van der Waals surface area contributed by atoms with E-state index in [1.54, 1.807) is 11.1 Å². The van der Waals surface area contributed by atoms with Gasteiger partial charge in [0.15, 0.2) is 0 Å². The molecule has 0 bridgehead atoms. The van der Waals surface area contributed by atoms with Gasteiger partial charge in [0, 0.05) is 31.8 Å². The van der Waals surface area contributed by atoms with Crippen LogP contribution in [0.1, 0.15) is 35.7 Å². The van der Waals surface area contributed by atoms with Crippen LogP contribution < -0.4 is 5.32 Å². The topological polar surface area (TPSA) is 62.3 Å². The minimum absolute atomic E-state index is 0.0684. The predicted octanol–water partition coefficient (Wildman–Crippen LogP) is 3.38. The summed E-state index contributed by atoms with van der Waals surface area (Å²) in [4.78, 5) is 30.0. The van der Waals surface area contributed by atoms with E-state index in [-0.39, 0.29) is 18.2 Å². The van der Waals surface area contributed by atoms with Gasteiger partial charge >= 0.3 is 0 Å². The molecule has 0 aliphatic carbocycles. The number of benzene rings is 1. The Morgan fingerprint density at radius 3 is 2.36 bits per heavy atom. The first-order chi connectivity index (χ1) is 11.9. The van der Waals surface area contributed by atoms with E-state index >= 15 is 0 Å². The standard InChI is InChI=1S/C20H25N3O2/c1-14-11-15(2)20(16(3)12-14)22-19(25)8-10-23(17(4)24)13-18-7-5-6-9-21-18/h5-7,9,11-12H,8,10,13H2,1-4H3,(H,22,25). The highest BCUT2D eigenvalue weighted by Crippen LogP contribution is 2.22. The van der Waals surface area contributed by atoms with Crippen LogP contribution in [0.4, 0.5) is 5.69 Å². The number of nitrogens with zero attached hydrogens (tertiary/aromatic N) is 2. The van der Waals surface area contributed by atoms with Gasteiger partial charge in [-0.3, -0.25) is 14.6 Å². The minimum atomic E-state index is -0.0951. The second-order valence-electron chi connectivity index (χ2n) is 6.33. The molecule has 5 heteroatoms. The molecule has 5 nitrogen and oxygen atoms in total. The van der Waals surface area contributed by atoms with Crippen molar-refractivity contribution in [1.82, 2.24) is 9.88 Å². The predicted molar refractivity (Wildman–Crippen MR) is 99.2 cm³/mol. The van der Waals surface area contributed by atoms with E-state index in [4.69, 9.17) is 0 Å². The summed E-state index contributed by atoms with van der Waals surface area (Å²) in [6.07, 6.45) is 1.95. The number of aryl methyl sites for hydroxylation is 3. The summed E-state index contributed by atoms with van der Waals surface area (Å²) in [5, 5.41) is 2.97. The smallest absolute Gasteiger partial charge is 0.226 e. The van der Waals surface area contributed by atoms with E-state index in [2.05, 4.69) is 10.3 Å². The molecule has 132 valence electrons. The number of carbonyl (C=O) groups is 2. The largest absolute Gasteiger partial charge is 0.337 e. The van der Waals surface area contributed by atoms with Crippen LogP contribution in [0.5, 0.6) is 0 Å². The van der Waals surface area contributed by atoms with Crippen LogP contribution in [0, 0.1) is 20.8 Å². The van der Waals surface area contributed by atoms with Gasteiger partial charge in [0.05, 0.1) is 12.2 Å². The van der Waals surface area contributed by atoms with Gasteiger partial charge < -0.3 is 10.2 Å². The zero-order valence-electron chi connectivity index (χ0n) is 15.3. The highest BCUT2D eigenvalue weighted by Gasteiger charge is 2.14. The molecule has 0 aliphatic rings. The molecule has 0 saturated carbocycles. The summed E-state index contributed by atoms with van der Waals surface area (Å²) in [6, 6.07) is 9.68. The van der Waals surface area contributed by atoms with Gasteiger partial charge in [0.1, 0.15) is 0 Å². The highest BCUT2D eigenvalue weighted by molar-refractivity contribution is 5.92. The fourth-order valence-electron chi connectivity index (χ4n) is 2.85. The van der Waals surface area contributed by atoms with Crippen molar-refractivity contribution in [3.8, 4) is 0 Å². The molecule has 2 amide bonds. The Morgan fingerprint density at radius 1 is 1.12 bits per heavy atom. The molecule has 1 aromatic heterocycles. The molecule has 0 atom stereocenters. The van der Waals surface area contributed by atoms with Gasteiger partial charge in [-0.1, -0.05) is 23.8 Å². The first-order valence-corrected chi connectivity index (χ1v) is 8.40. The SMILES string of the molecule is CC(=O)N(CCC(=O)Nc1c(C)cc(C)cc1C)Cc1ccccn1. The van der Waals surface area contributed by atoms with Gasteiger partial charge in [-0.15, -0.1) is 0 Å². The van der Waals surface area contributed by atoms with Crippen molar-refractivity contribution >= 4 is 17.5 Å². The van der Waals surface area contributed by atoms with Gasteiger partial charge in [0.25, 0.3) is 0 Å². The number of amides is 2. The van der Waals surface area contributed by atoms with Crippen molar-refractivity contribution in [3.63, 3.8) is 0 Å². The van der Waals surface area contributed by atoms with E-state index < -0.39 is 0 Å². The maximum atomic E-state index is 12.3. The molecule has 0 aliphatic heterocycles. The van der Waals surface area contributed by atoms with Crippen molar-refractivity contribution in [1.29, 1.82) is 0 Å². The van der Waals surface area contributed by atoms with Crippen LogP contribution in [0.25, 0.3) is 0 Å². The Hall–Kier alpha value is -2.69. The number of aromatic nitrogens is 1. The van der Waals surface area contributed by atoms with Crippen LogP contribution in [0.3, 0.4) is 0 Å². The molecular weight excluding hydrogens is 314 g/mol. The molecule has 1 heterocycles. The Morgan fingerprint density at radius 2 is 1.80 bits per heavy atom. The molecule has 0 fully saturated rings. The first-order valence-electron chi connectivity index (χ1n) is 8.40. The zero-order chi connectivity index (χ0) is 18.4. The number of hydrogen-bond acceptors (Lipinski definition) is 3. The maximum absolute atomic E-state index is 12.3. The Kier molecular flexibility index (Phi) is 6.28. The molecule has 1 N–H and O–H groups in total. The van der Waals surface area contributed by atoms with Crippen molar-refractivity contribution < 1.29 is 9.59 Å². The molecule has 2 rings (SSSR count). The third kappa shape index (κ3) is 5.41. The van der Waals surface area contributed by atoms with Gasteiger partial charge in [-0.2, -0.15) is 0 Å². The quantitative estimate of drug-likeness (QED) is 0.877. The summed E-state index contributed by atoms with van der Waals surface area (Å²) < 4.78 is 0. The zero-order valence-corrected chi connectivity index (χ0v) is 15.3. The number of anilines is 1. The molecule has 0 spiro atoms. The van der Waals surface area contributed by atoms with Crippen molar-refractivity contribution in [2.24, 2.45) is 0 Å². The monoisotopic (exact) mass is 339 g/mol. The second-order valence-corrected chi connectivity index (χ2v) is 6.33. The first kappa shape index (κ1) is 18.6. The fraction of sp³-hybridized carbons (Fsp3) is 0.350. The molecule has 2 aromatic rings. The fourth-order valence-corrected chi connectivity index (χ4v) is 2.85. The van der Waals surface area contributed by atoms with E-state index in [0.29, 0.717) is 13.1 Å². The Bertz CT molecular complexity index is 734. The average molecular weight is 339 g/mol. The second kappa shape index (κ2) is 8.42. The molecule has 0 unspecified atom stereocenters. The summed E-state index contributed by atoms with van der Waals surface area (Å²) in [7, 11) is 0. The number of hydrogen-bond donors (Lipinski definition) is 1. The minimum Gasteiger partial charge on any atom is -0.337 e. The van der Waals surface area contributed by atoms with Gasteiger partial charge in [-0.05, 0) is 44.0 Å². The molecule has 0 saturated heterocycles. The number of pyridine rings is 1. The molecule has 1 aromatic carbocycles.